The molecule has 3 aromatic rings. The number of rotatable bonds is 10. The van der Waals surface area contributed by atoms with Gasteiger partial charge < -0.3 is 9.47 Å². The van der Waals surface area contributed by atoms with Crippen molar-refractivity contribution in [2.45, 2.75) is 40.5 Å². The van der Waals surface area contributed by atoms with E-state index in [1.54, 1.807) is 72.8 Å². The Morgan fingerprint density at radius 1 is 0.579 bits per heavy atom. The van der Waals surface area contributed by atoms with Gasteiger partial charge in [-0.2, -0.15) is 0 Å². The van der Waals surface area contributed by atoms with Gasteiger partial charge in [-0.3, -0.25) is 4.79 Å². The number of benzene rings is 3. The van der Waals surface area contributed by atoms with Gasteiger partial charge in [0.25, 0.3) is 0 Å². The van der Waals surface area contributed by atoms with Crippen LogP contribution in [0.15, 0.2) is 110 Å². The molecule has 0 bridgehead atoms. The van der Waals surface area contributed by atoms with Gasteiger partial charge in [-0.05, 0) is 31.0 Å². The van der Waals surface area contributed by atoms with E-state index in [0.29, 0.717) is 36.1 Å². The lowest BCUT2D eigenvalue weighted by molar-refractivity contribution is 0.0501. The molecule has 0 spiro atoms. The highest BCUT2D eigenvalue weighted by atomic mass is 16.5. The normalized spacial score (nSPS) is 8.95. The predicted octanol–water partition coefficient (Wildman–Crippen LogP) is 8.12. The smallest absolute Gasteiger partial charge is 0.338 e. The van der Waals surface area contributed by atoms with Crippen molar-refractivity contribution in [3.8, 4) is 0 Å². The number of esters is 2. The van der Waals surface area contributed by atoms with E-state index >= 15 is 0 Å². The summed E-state index contributed by atoms with van der Waals surface area (Å²) >= 11 is 0. The number of carbonyl (C=O) groups excluding carboxylic acids is 3. The zero-order valence-electron chi connectivity index (χ0n) is 23.0. The lowest BCUT2D eigenvalue weighted by atomic mass is 9.98. The highest BCUT2D eigenvalue weighted by Crippen LogP contribution is 2.16. The number of hydrogen-bond acceptors (Lipinski definition) is 5. The van der Waals surface area contributed by atoms with Gasteiger partial charge in [-0.25, -0.2) is 9.59 Å². The van der Waals surface area contributed by atoms with Crippen LogP contribution in [0.4, 0.5) is 0 Å². The third-order valence-electron chi connectivity index (χ3n) is 4.55. The molecule has 0 aliphatic rings. The summed E-state index contributed by atoms with van der Waals surface area (Å²) in [5.41, 5.74) is 1.78. The summed E-state index contributed by atoms with van der Waals surface area (Å²) in [7, 11) is 0. The Morgan fingerprint density at radius 3 is 1.45 bits per heavy atom. The van der Waals surface area contributed by atoms with Crippen LogP contribution >= 0.6 is 0 Å². The largest absolute Gasteiger partial charge is 0.462 e. The summed E-state index contributed by atoms with van der Waals surface area (Å²) in [6, 6.07) is 24.5. The first-order valence-electron chi connectivity index (χ1n) is 12.9. The van der Waals surface area contributed by atoms with Gasteiger partial charge in [0.05, 0.1) is 24.3 Å². The van der Waals surface area contributed by atoms with Crippen LogP contribution in [0.5, 0.6) is 0 Å². The molecule has 0 saturated carbocycles. The molecule has 202 valence electrons. The van der Waals surface area contributed by atoms with Gasteiger partial charge in [-0.15, -0.1) is 13.2 Å². The average Bonchev–Trinajstić information content (AvgIpc) is 3.00. The van der Waals surface area contributed by atoms with Crippen LogP contribution in [-0.2, 0) is 9.47 Å². The zero-order valence-corrected chi connectivity index (χ0v) is 23.0. The first kappa shape index (κ1) is 33.8. The van der Waals surface area contributed by atoms with Crippen molar-refractivity contribution in [2.75, 3.05) is 13.2 Å². The Labute approximate surface area is 227 Å². The molecular formula is C33H40O5. The van der Waals surface area contributed by atoms with E-state index in [9.17, 15) is 14.4 Å². The van der Waals surface area contributed by atoms with E-state index in [4.69, 9.17) is 9.47 Å². The SMILES string of the molecule is C=CCCOC(=O)c1ccccc1.C=CCCOC(=O)c1ccccc1C(=O)c1ccccc1.CC.CC. The summed E-state index contributed by atoms with van der Waals surface area (Å²) < 4.78 is 10.1. The molecule has 38 heavy (non-hydrogen) atoms. The van der Waals surface area contributed by atoms with Crippen LogP contribution < -0.4 is 0 Å². The number of ether oxygens (including phenoxy) is 2. The summed E-state index contributed by atoms with van der Waals surface area (Å²) in [4.78, 5) is 35.8. The van der Waals surface area contributed by atoms with Gasteiger partial charge >= 0.3 is 11.9 Å². The molecule has 0 aromatic heterocycles. The van der Waals surface area contributed by atoms with Gasteiger partial charge in [0.1, 0.15) is 0 Å². The fourth-order valence-corrected chi connectivity index (χ4v) is 2.81. The van der Waals surface area contributed by atoms with Crippen LogP contribution in [0.25, 0.3) is 0 Å². The molecule has 3 aromatic carbocycles. The van der Waals surface area contributed by atoms with Crippen molar-refractivity contribution >= 4 is 17.7 Å². The third-order valence-corrected chi connectivity index (χ3v) is 4.55. The predicted molar refractivity (Wildman–Crippen MR) is 156 cm³/mol. The van der Waals surface area contributed by atoms with Crippen LogP contribution in [0.3, 0.4) is 0 Å². The Balaban J connectivity index is 0.000000692. The quantitative estimate of drug-likeness (QED) is 0.118. The molecule has 0 aliphatic heterocycles. The fraction of sp³-hybridized carbons (Fsp3) is 0.242. The first-order chi connectivity index (χ1) is 18.6. The van der Waals surface area contributed by atoms with Crippen LogP contribution in [0.1, 0.15) is 77.2 Å². The molecule has 0 saturated heterocycles. The Morgan fingerprint density at radius 2 is 0.974 bits per heavy atom. The maximum Gasteiger partial charge on any atom is 0.338 e. The molecule has 0 unspecified atom stereocenters. The van der Waals surface area contributed by atoms with Crippen molar-refractivity contribution in [1.29, 1.82) is 0 Å². The zero-order chi connectivity index (χ0) is 28.6. The number of hydrogen-bond donors (Lipinski definition) is 0. The highest BCUT2D eigenvalue weighted by molar-refractivity contribution is 6.14. The van der Waals surface area contributed by atoms with E-state index in [-0.39, 0.29) is 23.9 Å². The summed E-state index contributed by atoms with van der Waals surface area (Å²) in [5.74, 6) is -0.953. The van der Waals surface area contributed by atoms with Crippen molar-refractivity contribution < 1.29 is 23.9 Å². The maximum absolute atomic E-state index is 12.5. The lowest BCUT2D eigenvalue weighted by Crippen LogP contribution is -2.13. The second-order valence-corrected chi connectivity index (χ2v) is 7.03. The van der Waals surface area contributed by atoms with E-state index in [1.807, 2.05) is 52.0 Å². The molecule has 3 rings (SSSR count). The second-order valence-electron chi connectivity index (χ2n) is 7.03. The number of ketones is 1. The Kier molecular flexibility index (Phi) is 19.5. The van der Waals surface area contributed by atoms with Gasteiger partial charge in [0.2, 0.25) is 0 Å². The fourth-order valence-electron chi connectivity index (χ4n) is 2.81. The molecule has 5 nitrogen and oxygen atoms in total. The minimum atomic E-state index is -0.489. The van der Waals surface area contributed by atoms with Crippen LogP contribution in [-0.4, -0.2) is 30.9 Å². The molecule has 0 aliphatic carbocycles. The van der Waals surface area contributed by atoms with Crippen LogP contribution in [0, 0.1) is 0 Å². The summed E-state index contributed by atoms with van der Waals surface area (Å²) in [6.07, 6.45) is 4.67. The standard InChI is InChI=1S/C18H16O3.C11H12O2.2C2H6/c1-2-3-13-21-18(20)16-12-8-7-11-15(16)17(19)14-9-5-4-6-10-14;1-2-3-9-13-11(12)10-7-5-4-6-8-10;2*1-2/h2,4-12H,1,3,13H2;2,4-8H,1,3,9H2;2*1-2H3. The Hall–Kier alpha value is -4.25. The lowest BCUT2D eigenvalue weighted by Gasteiger charge is -2.08. The molecular weight excluding hydrogens is 476 g/mol. The van der Waals surface area contributed by atoms with E-state index in [0.717, 1.165) is 0 Å². The molecule has 0 N–H and O–H groups in total. The topological polar surface area (TPSA) is 69.7 Å². The molecule has 5 heteroatoms. The third kappa shape index (κ3) is 12.6. The van der Waals surface area contributed by atoms with Gasteiger partial charge in [0.15, 0.2) is 5.78 Å². The van der Waals surface area contributed by atoms with Crippen molar-refractivity contribution in [2.24, 2.45) is 0 Å². The van der Waals surface area contributed by atoms with E-state index in [1.165, 1.54) is 0 Å². The molecule has 0 radical (unpaired) electrons. The molecule has 0 fully saturated rings. The molecule has 0 amide bonds. The summed E-state index contributed by atoms with van der Waals surface area (Å²) in [5, 5.41) is 0. The molecule has 0 atom stereocenters. The van der Waals surface area contributed by atoms with Crippen LogP contribution in [0.2, 0.25) is 0 Å². The van der Waals surface area contributed by atoms with Gasteiger partial charge in [0, 0.05) is 11.1 Å². The summed E-state index contributed by atoms with van der Waals surface area (Å²) in [6.45, 7) is 15.8. The van der Waals surface area contributed by atoms with Crippen molar-refractivity contribution in [1.82, 2.24) is 0 Å². The highest BCUT2D eigenvalue weighted by Gasteiger charge is 2.18. The number of carbonyl (C=O) groups is 3. The van der Waals surface area contributed by atoms with Crippen molar-refractivity contribution in [3.05, 3.63) is 132 Å². The first-order valence-corrected chi connectivity index (χ1v) is 12.9. The van der Waals surface area contributed by atoms with Crippen molar-refractivity contribution in [3.63, 3.8) is 0 Å². The Bertz CT molecular complexity index is 1090. The van der Waals surface area contributed by atoms with Gasteiger partial charge in [-0.1, -0.05) is 107 Å². The monoisotopic (exact) mass is 516 g/mol. The van der Waals surface area contributed by atoms with E-state index < -0.39 is 5.97 Å². The minimum Gasteiger partial charge on any atom is -0.462 e. The van der Waals surface area contributed by atoms with E-state index in [2.05, 4.69) is 13.2 Å². The second kappa shape index (κ2) is 22.0. The minimum absolute atomic E-state index is 0.188. The average molecular weight is 517 g/mol. The maximum atomic E-state index is 12.5. The molecule has 0 heterocycles.